The number of benzene rings is 1. The number of aromatic nitrogens is 2. The Kier molecular flexibility index (Phi) is 4.98. The SMILES string of the molecule is N#Cc1cnc(SCC(=O)Nc2ccccc2Cl)nc1N. The summed E-state index contributed by atoms with van der Waals surface area (Å²) in [7, 11) is 0. The monoisotopic (exact) mass is 319 g/mol. The van der Waals surface area contributed by atoms with Crippen molar-refractivity contribution in [1.82, 2.24) is 9.97 Å². The molecule has 0 fully saturated rings. The number of hydrogen-bond acceptors (Lipinski definition) is 6. The molecular weight excluding hydrogens is 310 g/mol. The summed E-state index contributed by atoms with van der Waals surface area (Å²) >= 11 is 7.07. The van der Waals surface area contributed by atoms with Crippen LogP contribution in [0.15, 0.2) is 35.6 Å². The number of amides is 1. The van der Waals surface area contributed by atoms with Crippen molar-refractivity contribution in [3.63, 3.8) is 0 Å². The van der Waals surface area contributed by atoms with Crippen LogP contribution in [0.1, 0.15) is 5.56 Å². The van der Waals surface area contributed by atoms with Crippen LogP contribution in [0.5, 0.6) is 0 Å². The number of carbonyl (C=O) groups is 1. The van der Waals surface area contributed by atoms with Gasteiger partial charge in [0.05, 0.1) is 22.7 Å². The highest BCUT2D eigenvalue weighted by Gasteiger charge is 2.09. The molecule has 0 bridgehead atoms. The van der Waals surface area contributed by atoms with E-state index >= 15 is 0 Å². The molecule has 6 nitrogen and oxygen atoms in total. The molecule has 2 rings (SSSR count). The van der Waals surface area contributed by atoms with Gasteiger partial charge in [-0.1, -0.05) is 35.5 Å². The Balaban J connectivity index is 1.94. The standard InChI is InChI=1S/C13H10ClN5OS/c14-9-3-1-2-4-10(9)18-11(20)7-21-13-17-6-8(5-15)12(16)19-13/h1-4,6H,7H2,(H,18,20)(H2,16,17,19). The molecule has 0 unspecified atom stereocenters. The summed E-state index contributed by atoms with van der Waals surface area (Å²) in [6.07, 6.45) is 1.33. The van der Waals surface area contributed by atoms with Crippen LogP contribution in [-0.4, -0.2) is 21.6 Å². The van der Waals surface area contributed by atoms with Crippen LogP contribution < -0.4 is 11.1 Å². The molecule has 0 aliphatic rings. The number of hydrogen-bond donors (Lipinski definition) is 2. The third kappa shape index (κ3) is 4.08. The van der Waals surface area contributed by atoms with E-state index in [-0.39, 0.29) is 23.0 Å². The summed E-state index contributed by atoms with van der Waals surface area (Å²) in [6, 6.07) is 8.83. The average molecular weight is 320 g/mol. The first kappa shape index (κ1) is 15.1. The molecule has 1 heterocycles. The van der Waals surface area contributed by atoms with Gasteiger partial charge in [0.25, 0.3) is 0 Å². The summed E-state index contributed by atoms with van der Waals surface area (Å²) in [6.45, 7) is 0. The lowest BCUT2D eigenvalue weighted by molar-refractivity contribution is -0.113. The fourth-order valence-electron chi connectivity index (χ4n) is 1.41. The van der Waals surface area contributed by atoms with Gasteiger partial charge >= 0.3 is 0 Å². The number of anilines is 2. The zero-order valence-corrected chi connectivity index (χ0v) is 12.3. The van der Waals surface area contributed by atoms with Gasteiger partial charge in [-0.3, -0.25) is 4.79 Å². The second-order valence-electron chi connectivity index (χ2n) is 3.88. The lowest BCUT2D eigenvalue weighted by atomic mass is 10.3. The highest BCUT2D eigenvalue weighted by molar-refractivity contribution is 7.99. The second kappa shape index (κ2) is 6.92. The largest absolute Gasteiger partial charge is 0.382 e. The second-order valence-corrected chi connectivity index (χ2v) is 5.23. The number of halogens is 1. The van der Waals surface area contributed by atoms with Gasteiger partial charge in [-0.25, -0.2) is 9.97 Å². The highest BCUT2D eigenvalue weighted by atomic mass is 35.5. The van der Waals surface area contributed by atoms with Crippen LogP contribution in [0.25, 0.3) is 0 Å². The molecule has 0 spiro atoms. The Morgan fingerprint density at radius 1 is 1.48 bits per heavy atom. The first-order chi connectivity index (χ1) is 10.1. The van der Waals surface area contributed by atoms with Crippen LogP contribution >= 0.6 is 23.4 Å². The van der Waals surface area contributed by atoms with Gasteiger partial charge in [-0.2, -0.15) is 5.26 Å². The molecule has 1 aromatic heterocycles. The van der Waals surface area contributed by atoms with E-state index in [2.05, 4.69) is 15.3 Å². The molecule has 1 aromatic carbocycles. The van der Waals surface area contributed by atoms with Crippen molar-refractivity contribution >= 4 is 40.8 Å². The zero-order valence-electron chi connectivity index (χ0n) is 10.7. The van der Waals surface area contributed by atoms with Gasteiger partial charge in [-0.15, -0.1) is 0 Å². The Hall–Kier alpha value is -2.30. The fraction of sp³-hybridized carbons (Fsp3) is 0.0769. The minimum Gasteiger partial charge on any atom is -0.382 e. The van der Waals surface area contributed by atoms with E-state index in [0.717, 1.165) is 11.8 Å². The van der Waals surface area contributed by atoms with Crippen LogP contribution in [0, 0.1) is 11.3 Å². The molecule has 8 heteroatoms. The maximum Gasteiger partial charge on any atom is 0.234 e. The quantitative estimate of drug-likeness (QED) is 0.662. The zero-order chi connectivity index (χ0) is 15.2. The van der Waals surface area contributed by atoms with Crippen molar-refractivity contribution in [3.8, 4) is 6.07 Å². The first-order valence-electron chi connectivity index (χ1n) is 5.80. The summed E-state index contributed by atoms with van der Waals surface area (Å²) in [5.74, 6) is -0.0301. The number of nitrogens with zero attached hydrogens (tertiary/aromatic N) is 3. The number of para-hydroxylation sites is 1. The molecule has 0 aliphatic carbocycles. The summed E-state index contributed by atoms with van der Waals surface area (Å²) in [5, 5.41) is 12.2. The van der Waals surface area contributed by atoms with Crippen LogP contribution in [0.2, 0.25) is 5.02 Å². The fourth-order valence-corrected chi connectivity index (χ4v) is 2.22. The highest BCUT2D eigenvalue weighted by Crippen LogP contribution is 2.21. The normalized spacial score (nSPS) is 9.90. The summed E-state index contributed by atoms with van der Waals surface area (Å²) < 4.78 is 0. The average Bonchev–Trinajstić information content (AvgIpc) is 2.48. The smallest absolute Gasteiger partial charge is 0.234 e. The number of rotatable bonds is 4. The topological polar surface area (TPSA) is 105 Å². The third-order valence-electron chi connectivity index (χ3n) is 2.40. The van der Waals surface area contributed by atoms with Crippen LogP contribution in [0.4, 0.5) is 11.5 Å². The number of nitrogen functional groups attached to an aromatic ring is 1. The minimum atomic E-state index is -0.236. The molecule has 0 radical (unpaired) electrons. The van der Waals surface area contributed by atoms with Crippen molar-refractivity contribution in [2.75, 3.05) is 16.8 Å². The van der Waals surface area contributed by atoms with Crippen molar-refractivity contribution < 1.29 is 4.79 Å². The Morgan fingerprint density at radius 2 is 2.24 bits per heavy atom. The van der Waals surface area contributed by atoms with Gasteiger partial charge in [0.2, 0.25) is 5.91 Å². The lowest BCUT2D eigenvalue weighted by Crippen LogP contribution is -2.14. The van der Waals surface area contributed by atoms with Gasteiger partial charge in [0, 0.05) is 0 Å². The summed E-state index contributed by atoms with van der Waals surface area (Å²) in [5.41, 5.74) is 6.33. The molecular formula is C13H10ClN5OS. The van der Waals surface area contributed by atoms with E-state index in [1.807, 2.05) is 6.07 Å². The maximum absolute atomic E-state index is 11.8. The molecule has 2 aromatic rings. The Morgan fingerprint density at radius 3 is 2.90 bits per heavy atom. The van der Waals surface area contributed by atoms with Crippen LogP contribution in [-0.2, 0) is 4.79 Å². The van der Waals surface area contributed by atoms with E-state index in [0.29, 0.717) is 15.9 Å². The molecule has 106 valence electrons. The number of nitrogens with one attached hydrogen (secondary N) is 1. The molecule has 1 amide bonds. The van der Waals surface area contributed by atoms with Gasteiger partial charge in [-0.05, 0) is 12.1 Å². The number of carbonyl (C=O) groups excluding carboxylic acids is 1. The summed E-state index contributed by atoms with van der Waals surface area (Å²) in [4.78, 5) is 19.7. The van der Waals surface area contributed by atoms with E-state index in [4.69, 9.17) is 22.6 Å². The molecule has 3 N–H and O–H groups in total. The van der Waals surface area contributed by atoms with E-state index < -0.39 is 0 Å². The van der Waals surface area contributed by atoms with Crippen molar-refractivity contribution in [2.24, 2.45) is 0 Å². The van der Waals surface area contributed by atoms with E-state index in [1.54, 1.807) is 24.3 Å². The van der Waals surface area contributed by atoms with Crippen molar-refractivity contribution in [1.29, 1.82) is 5.26 Å². The maximum atomic E-state index is 11.8. The lowest BCUT2D eigenvalue weighted by Gasteiger charge is -2.06. The molecule has 21 heavy (non-hydrogen) atoms. The van der Waals surface area contributed by atoms with Gasteiger partial charge in [0.15, 0.2) is 5.16 Å². The van der Waals surface area contributed by atoms with Crippen molar-refractivity contribution in [2.45, 2.75) is 5.16 Å². The molecule has 0 aliphatic heterocycles. The number of nitrogens with two attached hydrogens (primary N) is 1. The number of nitriles is 1. The first-order valence-corrected chi connectivity index (χ1v) is 7.16. The number of thioether (sulfide) groups is 1. The van der Waals surface area contributed by atoms with E-state index in [1.165, 1.54) is 6.20 Å². The molecule has 0 saturated heterocycles. The third-order valence-corrected chi connectivity index (χ3v) is 3.59. The Labute approximate surface area is 130 Å². The minimum absolute atomic E-state index is 0.0986. The Bertz CT molecular complexity index is 716. The molecule has 0 saturated carbocycles. The van der Waals surface area contributed by atoms with Gasteiger partial charge < -0.3 is 11.1 Å². The molecule has 0 atom stereocenters. The van der Waals surface area contributed by atoms with E-state index in [9.17, 15) is 4.79 Å². The van der Waals surface area contributed by atoms with Crippen LogP contribution in [0.3, 0.4) is 0 Å². The predicted molar refractivity (Wildman–Crippen MR) is 82.0 cm³/mol. The predicted octanol–water partition coefficient (Wildman–Crippen LogP) is 2.31. The van der Waals surface area contributed by atoms with Gasteiger partial charge in [0.1, 0.15) is 17.5 Å². The van der Waals surface area contributed by atoms with Crippen molar-refractivity contribution in [3.05, 3.63) is 41.0 Å².